The highest BCUT2D eigenvalue weighted by Gasteiger charge is 2.24. The van der Waals surface area contributed by atoms with Crippen molar-refractivity contribution < 1.29 is 4.74 Å². The second kappa shape index (κ2) is 6.42. The number of hydrogen-bond donors (Lipinski definition) is 0. The van der Waals surface area contributed by atoms with Crippen molar-refractivity contribution in [2.24, 2.45) is 0 Å². The summed E-state index contributed by atoms with van der Waals surface area (Å²) in [4.78, 5) is 10.3. The van der Waals surface area contributed by atoms with E-state index >= 15 is 0 Å². The van der Waals surface area contributed by atoms with Gasteiger partial charge in [0.05, 0.1) is 27.6 Å². The van der Waals surface area contributed by atoms with Gasteiger partial charge in [0.1, 0.15) is 11.5 Å². The Labute approximate surface area is 194 Å². The van der Waals surface area contributed by atoms with Crippen LogP contribution in [0.1, 0.15) is 0 Å². The molecule has 4 heteroatoms. The van der Waals surface area contributed by atoms with Crippen molar-refractivity contribution in [3.05, 3.63) is 103 Å². The molecule has 3 heterocycles. The molecule has 1 aliphatic heterocycles. The smallest absolute Gasteiger partial charge is 0.235 e. The summed E-state index contributed by atoms with van der Waals surface area (Å²) in [5, 5.41) is 5.73. The molecule has 0 N–H and O–H groups in total. The number of ether oxygens (including phenoxy) is 1. The Bertz CT molecular complexity index is 1950. The summed E-state index contributed by atoms with van der Waals surface area (Å²) in [6.45, 7) is 0. The lowest BCUT2D eigenvalue weighted by Crippen LogP contribution is -2.06. The van der Waals surface area contributed by atoms with Crippen molar-refractivity contribution in [3.63, 3.8) is 0 Å². The van der Waals surface area contributed by atoms with Gasteiger partial charge >= 0.3 is 0 Å². The maximum absolute atomic E-state index is 6.19. The summed E-state index contributed by atoms with van der Waals surface area (Å²) in [7, 11) is 0. The zero-order valence-corrected chi connectivity index (χ0v) is 18.1. The molecule has 0 spiro atoms. The maximum atomic E-state index is 6.19. The minimum atomic E-state index is 0.666. The topological polar surface area (TPSA) is 39.9 Å². The van der Waals surface area contributed by atoms with E-state index in [0.29, 0.717) is 5.95 Å². The molecule has 8 rings (SSSR count). The molecule has 1 aliphatic rings. The van der Waals surface area contributed by atoms with E-state index in [1.165, 1.54) is 21.5 Å². The Morgan fingerprint density at radius 3 is 2.35 bits per heavy atom. The predicted molar refractivity (Wildman–Crippen MR) is 137 cm³/mol. The van der Waals surface area contributed by atoms with Gasteiger partial charge in [-0.15, -0.1) is 0 Å². The van der Waals surface area contributed by atoms with Gasteiger partial charge in [-0.3, -0.25) is 4.57 Å². The van der Waals surface area contributed by atoms with Crippen LogP contribution in [0.3, 0.4) is 0 Å². The Balaban J connectivity index is 1.57. The lowest BCUT2D eigenvalue weighted by molar-refractivity contribution is 0.486. The van der Waals surface area contributed by atoms with Gasteiger partial charge in [0.2, 0.25) is 5.95 Å². The van der Waals surface area contributed by atoms with Crippen LogP contribution >= 0.6 is 0 Å². The standard InChI is InChI=1S/C30H17N3O/c1-2-9-19-18(8-1)16-17-21-20-10-3-5-13-24(20)33(29(19)21)30-31-23-12-7-15-26-27(23)28(32-30)22-11-4-6-14-25(22)34-26/h1-17H. The molecule has 0 bridgehead atoms. The first-order chi connectivity index (χ1) is 16.9. The van der Waals surface area contributed by atoms with Crippen LogP contribution in [0.5, 0.6) is 11.5 Å². The summed E-state index contributed by atoms with van der Waals surface area (Å²) < 4.78 is 8.41. The Morgan fingerprint density at radius 1 is 0.588 bits per heavy atom. The number of benzene rings is 5. The van der Waals surface area contributed by atoms with E-state index in [-0.39, 0.29) is 0 Å². The van der Waals surface area contributed by atoms with Gasteiger partial charge in [0.15, 0.2) is 0 Å². The van der Waals surface area contributed by atoms with E-state index in [1.54, 1.807) is 0 Å². The zero-order valence-electron chi connectivity index (χ0n) is 18.1. The molecular formula is C30H17N3O. The van der Waals surface area contributed by atoms with E-state index < -0.39 is 0 Å². The van der Waals surface area contributed by atoms with Crippen LogP contribution in [0.15, 0.2) is 103 Å². The molecule has 0 unspecified atom stereocenters. The van der Waals surface area contributed by atoms with Crippen LogP contribution in [0.25, 0.3) is 60.7 Å². The minimum Gasteiger partial charge on any atom is -0.456 e. The molecule has 0 aliphatic carbocycles. The van der Waals surface area contributed by atoms with E-state index in [9.17, 15) is 0 Å². The second-order valence-electron chi connectivity index (χ2n) is 8.66. The van der Waals surface area contributed by atoms with Gasteiger partial charge in [-0.25, -0.2) is 9.97 Å². The molecule has 0 atom stereocenters. The minimum absolute atomic E-state index is 0.666. The SMILES string of the molecule is c1ccc2c(c1)Oc1cccc3nc(-n4c5ccccc5c5ccc6ccccc6c54)nc-2c13. The van der Waals surface area contributed by atoms with Crippen LogP contribution in [0, 0.1) is 0 Å². The third kappa shape index (κ3) is 2.27. The average Bonchev–Trinajstić information content (AvgIpc) is 3.24. The van der Waals surface area contributed by atoms with E-state index in [4.69, 9.17) is 14.7 Å². The van der Waals surface area contributed by atoms with Crippen molar-refractivity contribution in [1.82, 2.24) is 14.5 Å². The van der Waals surface area contributed by atoms with Crippen molar-refractivity contribution in [2.45, 2.75) is 0 Å². The quantitative estimate of drug-likeness (QED) is 0.266. The van der Waals surface area contributed by atoms with Crippen LogP contribution in [-0.2, 0) is 0 Å². The molecule has 0 amide bonds. The summed E-state index contributed by atoms with van der Waals surface area (Å²) in [5.74, 6) is 2.28. The predicted octanol–water partition coefficient (Wildman–Crippen LogP) is 7.65. The Morgan fingerprint density at radius 2 is 1.38 bits per heavy atom. The van der Waals surface area contributed by atoms with Gasteiger partial charge in [-0.2, -0.15) is 0 Å². The Hall–Kier alpha value is -4.70. The fraction of sp³-hybridized carbons (Fsp3) is 0. The fourth-order valence-electron chi connectivity index (χ4n) is 5.33. The van der Waals surface area contributed by atoms with E-state index in [0.717, 1.165) is 44.7 Å². The maximum Gasteiger partial charge on any atom is 0.235 e. The third-order valence-corrected chi connectivity index (χ3v) is 6.79. The molecular weight excluding hydrogens is 418 g/mol. The molecule has 2 aromatic heterocycles. The summed E-state index contributed by atoms with van der Waals surface area (Å²) in [5.41, 5.74) is 4.99. The highest BCUT2D eigenvalue weighted by Crippen LogP contribution is 2.45. The number of fused-ring (bicyclic) bond motifs is 7. The number of hydrogen-bond acceptors (Lipinski definition) is 3. The molecule has 0 fully saturated rings. The molecule has 7 aromatic rings. The average molecular weight is 435 g/mol. The van der Waals surface area contributed by atoms with Crippen molar-refractivity contribution in [2.75, 3.05) is 0 Å². The van der Waals surface area contributed by atoms with Gasteiger partial charge in [0.25, 0.3) is 0 Å². The van der Waals surface area contributed by atoms with Gasteiger partial charge in [0, 0.05) is 21.7 Å². The van der Waals surface area contributed by atoms with Gasteiger partial charge < -0.3 is 4.74 Å². The second-order valence-corrected chi connectivity index (χ2v) is 8.66. The largest absolute Gasteiger partial charge is 0.456 e. The first-order valence-corrected chi connectivity index (χ1v) is 11.4. The summed E-state index contributed by atoms with van der Waals surface area (Å²) >= 11 is 0. The fourth-order valence-corrected chi connectivity index (χ4v) is 5.33. The lowest BCUT2D eigenvalue weighted by Gasteiger charge is -2.21. The normalized spacial score (nSPS) is 12.4. The van der Waals surface area contributed by atoms with Crippen molar-refractivity contribution >= 4 is 43.5 Å². The zero-order chi connectivity index (χ0) is 22.2. The summed E-state index contributed by atoms with van der Waals surface area (Å²) in [6, 6.07) is 35.5. The van der Waals surface area contributed by atoms with E-state index in [2.05, 4.69) is 71.3 Å². The first kappa shape index (κ1) is 17.8. The molecule has 5 aromatic carbocycles. The summed E-state index contributed by atoms with van der Waals surface area (Å²) in [6.07, 6.45) is 0. The van der Waals surface area contributed by atoms with Gasteiger partial charge in [-0.1, -0.05) is 72.8 Å². The number of rotatable bonds is 1. The molecule has 158 valence electrons. The van der Waals surface area contributed by atoms with Crippen LogP contribution in [-0.4, -0.2) is 14.5 Å². The molecule has 0 saturated heterocycles. The molecule has 0 saturated carbocycles. The van der Waals surface area contributed by atoms with Crippen molar-refractivity contribution in [1.29, 1.82) is 0 Å². The highest BCUT2D eigenvalue weighted by atomic mass is 16.5. The van der Waals surface area contributed by atoms with Crippen LogP contribution in [0.2, 0.25) is 0 Å². The molecule has 4 nitrogen and oxygen atoms in total. The molecule has 34 heavy (non-hydrogen) atoms. The number of nitrogens with zero attached hydrogens (tertiary/aromatic N) is 3. The Kier molecular flexibility index (Phi) is 3.36. The van der Waals surface area contributed by atoms with Crippen LogP contribution < -0.4 is 4.74 Å². The monoisotopic (exact) mass is 435 g/mol. The van der Waals surface area contributed by atoms with E-state index in [1.807, 2.05) is 36.4 Å². The third-order valence-electron chi connectivity index (χ3n) is 6.79. The van der Waals surface area contributed by atoms with Crippen molar-refractivity contribution in [3.8, 4) is 28.7 Å². The number of aromatic nitrogens is 3. The van der Waals surface area contributed by atoms with Gasteiger partial charge in [-0.05, 0) is 35.7 Å². The highest BCUT2D eigenvalue weighted by molar-refractivity contribution is 6.18. The molecule has 0 radical (unpaired) electrons. The van der Waals surface area contributed by atoms with Crippen LogP contribution in [0.4, 0.5) is 0 Å². The first-order valence-electron chi connectivity index (χ1n) is 11.4. The lowest BCUT2D eigenvalue weighted by atomic mass is 10.0. The number of para-hydroxylation sites is 2.